The van der Waals surface area contributed by atoms with Crippen molar-refractivity contribution in [2.24, 2.45) is 0 Å². The number of aliphatic hydroxyl groups is 1. The molecule has 0 unspecified atom stereocenters. The number of hydrogen-bond donors (Lipinski definition) is 1. The molecule has 0 fully saturated rings. The highest BCUT2D eigenvalue weighted by Gasteiger charge is 2.43. The zero-order valence-electron chi connectivity index (χ0n) is 11.0. The van der Waals surface area contributed by atoms with Crippen molar-refractivity contribution < 1.29 is 5.11 Å². The first kappa shape index (κ1) is 15.0. The molecular weight excluding hydrogens is 305 g/mol. The number of anilines is 1. The van der Waals surface area contributed by atoms with E-state index in [1.54, 1.807) is 4.90 Å². The molecule has 0 amide bonds. The van der Waals surface area contributed by atoms with Gasteiger partial charge in [0.25, 0.3) is 0 Å². The molecule has 2 rings (SSSR count). The van der Waals surface area contributed by atoms with Gasteiger partial charge >= 0.3 is 0 Å². The van der Waals surface area contributed by atoms with Crippen LogP contribution < -0.4 is 4.90 Å². The van der Waals surface area contributed by atoms with E-state index >= 15 is 0 Å². The summed E-state index contributed by atoms with van der Waals surface area (Å²) in [7, 11) is 0. The van der Waals surface area contributed by atoms with E-state index in [4.69, 9.17) is 34.8 Å². The highest BCUT2D eigenvalue weighted by molar-refractivity contribution is 6.68. The lowest BCUT2D eigenvalue weighted by Crippen LogP contribution is -2.55. The Kier molecular flexibility index (Phi) is 3.83. The number of rotatable bonds is 1. The molecule has 0 spiro atoms. The van der Waals surface area contributed by atoms with E-state index in [1.165, 1.54) is 0 Å². The van der Waals surface area contributed by atoms with Crippen molar-refractivity contribution in [3.05, 3.63) is 35.9 Å². The van der Waals surface area contributed by atoms with Gasteiger partial charge in [-0.15, -0.1) is 0 Å². The molecule has 5 heteroatoms. The number of hydrogen-bond acceptors (Lipinski definition) is 2. The summed E-state index contributed by atoms with van der Waals surface area (Å²) in [6, 6.07) is 7.78. The summed E-state index contributed by atoms with van der Waals surface area (Å²) in [4.78, 5) is 1.74. The van der Waals surface area contributed by atoms with E-state index < -0.39 is 15.6 Å². The zero-order valence-corrected chi connectivity index (χ0v) is 13.3. The number of benzene rings is 1. The van der Waals surface area contributed by atoms with Crippen molar-refractivity contribution in [2.45, 2.75) is 36.3 Å². The van der Waals surface area contributed by atoms with Crippen LogP contribution in [0.25, 0.3) is 5.57 Å². The standard InChI is InChI=1S/C14H16Cl3NO/c1-9-8-13(2,3)18(12(19)14(15,16)17)11-7-5-4-6-10(9)11/h4-8,12,19H,1-3H3/t12-/m1/s1. The maximum atomic E-state index is 10.4. The Bertz CT molecular complexity index is 520. The number of fused-ring (bicyclic) bond motifs is 1. The number of nitrogens with zero attached hydrogens (tertiary/aromatic N) is 1. The molecular formula is C14H16Cl3NO. The van der Waals surface area contributed by atoms with Crippen LogP contribution in [0.1, 0.15) is 26.3 Å². The quantitative estimate of drug-likeness (QED) is 0.776. The highest BCUT2D eigenvalue weighted by atomic mass is 35.6. The summed E-state index contributed by atoms with van der Waals surface area (Å²) in [5, 5.41) is 10.4. The molecule has 104 valence electrons. The molecule has 0 bridgehead atoms. The lowest BCUT2D eigenvalue weighted by molar-refractivity contribution is 0.154. The number of halogens is 3. The molecule has 1 atom stereocenters. The van der Waals surface area contributed by atoms with Gasteiger partial charge in [-0.3, -0.25) is 0 Å². The second-order valence-electron chi connectivity index (χ2n) is 5.28. The van der Waals surface area contributed by atoms with Gasteiger partial charge in [0.15, 0.2) is 6.23 Å². The fourth-order valence-electron chi connectivity index (χ4n) is 2.60. The van der Waals surface area contributed by atoms with Gasteiger partial charge in [0, 0.05) is 11.3 Å². The van der Waals surface area contributed by atoms with E-state index in [0.717, 1.165) is 16.8 Å². The molecule has 1 N–H and O–H groups in total. The third-order valence-corrected chi connectivity index (χ3v) is 3.90. The van der Waals surface area contributed by atoms with E-state index in [9.17, 15) is 5.11 Å². The summed E-state index contributed by atoms with van der Waals surface area (Å²) < 4.78 is -1.77. The lowest BCUT2D eigenvalue weighted by atomic mass is 9.88. The second-order valence-corrected chi connectivity index (χ2v) is 7.65. The molecule has 1 aliphatic rings. The van der Waals surface area contributed by atoms with Gasteiger partial charge in [0.05, 0.1) is 5.54 Å². The SMILES string of the molecule is CC1=CC(C)(C)N([C@H](O)C(Cl)(Cl)Cl)c2ccccc21. The molecule has 2 nitrogen and oxygen atoms in total. The summed E-state index contributed by atoms with van der Waals surface area (Å²) in [6.45, 7) is 6.00. The highest BCUT2D eigenvalue weighted by Crippen LogP contribution is 2.44. The molecule has 0 aliphatic carbocycles. The van der Waals surface area contributed by atoms with Crippen LogP contribution in [0.5, 0.6) is 0 Å². The Labute approximate surface area is 128 Å². The van der Waals surface area contributed by atoms with E-state index in [2.05, 4.69) is 6.08 Å². The minimum Gasteiger partial charge on any atom is -0.369 e. The van der Waals surface area contributed by atoms with Crippen LogP contribution in [0.2, 0.25) is 0 Å². The summed E-state index contributed by atoms with van der Waals surface area (Å²) >= 11 is 17.6. The van der Waals surface area contributed by atoms with Crippen LogP contribution in [-0.2, 0) is 0 Å². The van der Waals surface area contributed by atoms with Crippen LogP contribution in [0.3, 0.4) is 0 Å². The maximum Gasteiger partial charge on any atom is 0.234 e. The minimum absolute atomic E-state index is 0.443. The van der Waals surface area contributed by atoms with Crippen LogP contribution in [0.15, 0.2) is 30.3 Å². The average Bonchev–Trinajstić information content (AvgIpc) is 2.26. The molecule has 0 aromatic heterocycles. The monoisotopic (exact) mass is 319 g/mol. The Morgan fingerprint density at radius 1 is 1.21 bits per heavy atom. The van der Waals surface area contributed by atoms with Crippen molar-refractivity contribution in [1.82, 2.24) is 0 Å². The van der Waals surface area contributed by atoms with Crippen molar-refractivity contribution >= 4 is 46.1 Å². The van der Waals surface area contributed by atoms with Crippen LogP contribution in [-0.4, -0.2) is 20.7 Å². The van der Waals surface area contributed by atoms with Gasteiger partial charge in [-0.1, -0.05) is 59.1 Å². The third kappa shape index (κ3) is 2.73. The maximum absolute atomic E-state index is 10.4. The summed E-state index contributed by atoms with van der Waals surface area (Å²) in [5.41, 5.74) is 2.61. The zero-order chi connectivity index (χ0) is 14.4. The molecule has 0 saturated heterocycles. The number of para-hydroxylation sites is 1. The van der Waals surface area contributed by atoms with Crippen molar-refractivity contribution in [1.29, 1.82) is 0 Å². The number of aliphatic hydroxyl groups excluding tert-OH is 1. The van der Waals surface area contributed by atoms with Gasteiger partial charge in [-0.25, -0.2) is 0 Å². The Morgan fingerprint density at radius 3 is 2.37 bits per heavy atom. The van der Waals surface area contributed by atoms with Gasteiger partial charge in [-0.2, -0.15) is 0 Å². The third-order valence-electron chi connectivity index (χ3n) is 3.32. The fraction of sp³-hybridized carbons (Fsp3) is 0.429. The normalized spacial score (nSPS) is 19.7. The molecule has 0 saturated carbocycles. The predicted octanol–water partition coefficient (Wildman–Crippen LogP) is 4.38. The predicted molar refractivity (Wildman–Crippen MR) is 82.9 cm³/mol. The van der Waals surface area contributed by atoms with E-state index in [-0.39, 0.29) is 0 Å². The van der Waals surface area contributed by atoms with Gasteiger partial charge in [0.1, 0.15) is 0 Å². The first-order chi connectivity index (χ1) is 8.64. The van der Waals surface area contributed by atoms with Crippen LogP contribution >= 0.6 is 34.8 Å². The Morgan fingerprint density at radius 2 is 1.79 bits per heavy atom. The minimum atomic E-state index is -1.77. The van der Waals surface area contributed by atoms with Crippen LogP contribution in [0, 0.1) is 0 Å². The molecule has 1 aromatic carbocycles. The van der Waals surface area contributed by atoms with Gasteiger partial charge < -0.3 is 10.0 Å². The molecule has 1 aromatic rings. The van der Waals surface area contributed by atoms with E-state index in [1.807, 2.05) is 45.0 Å². The summed E-state index contributed by atoms with van der Waals surface area (Å²) in [6.07, 6.45) is 0.840. The van der Waals surface area contributed by atoms with Crippen molar-refractivity contribution in [2.75, 3.05) is 4.90 Å². The fourth-order valence-corrected chi connectivity index (χ4v) is 2.89. The van der Waals surface area contributed by atoms with Crippen molar-refractivity contribution in [3.8, 4) is 0 Å². The van der Waals surface area contributed by atoms with Gasteiger partial charge in [0.2, 0.25) is 3.79 Å². The molecule has 19 heavy (non-hydrogen) atoms. The largest absolute Gasteiger partial charge is 0.369 e. The molecule has 1 aliphatic heterocycles. The van der Waals surface area contributed by atoms with E-state index in [0.29, 0.717) is 0 Å². The molecule has 0 radical (unpaired) electrons. The smallest absolute Gasteiger partial charge is 0.234 e. The lowest BCUT2D eigenvalue weighted by Gasteiger charge is -2.47. The number of allylic oxidation sites excluding steroid dienone is 1. The number of alkyl halides is 3. The van der Waals surface area contributed by atoms with Crippen LogP contribution in [0.4, 0.5) is 5.69 Å². The topological polar surface area (TPSA) is 23.5 Å². The first-order valence-corrected chi connectivity index (χ1v) is 7.11. The molecule has 1 heterocycles. The Balaban J connectivity index is 2.59. The average molecular weight is 321 g/mol. The van der Waals surface area contributed by atoms with Crippen molar-refractivity contribution in [3.63, 3.8) is 0 Å². The van der Waals surface area contributed by atoms with Gasteiger partial charge in [-0.05, 0) is 32.4 Å². The summed E-state index contributed by atoms with van der Waals surface area (Å²) in [5.74, 6) is 0. The Hall–Kier alpha value is -0.410. The first-order valence-electron chi connectivity index (χ1n) is 5.97. The second kappa shape index (κ2) is 4.85.